The van der Waals surface area contributed by atoms with Crippen LogP contribution in [0.3, 0.4) is 0 Å². The van der Waals surface area contributed by atoms with Crippen LogP contribution in [0.15, 0.2) is 0 Å². The van der Waals surface area contributed by atoms with Gasteiger partial charge in [-0.15, -0.1) is 0 Å². The van der Waals surface area contributed by atoms with Crippen LogP contribution in [0.1, 0.15) is 13.3 Å². The van der Waals surface area contributed by atoms with Crippen LogP contribution in [0.4, 0.5) is 0 Å². The number of hydrogen-bond acceptors (Lipinski definition) is 6. The maximum atomic E-state index is 10.3. The number of nitriles is 2. The minimum atomic E-state index is -0.639. The molecule has 1 unspecified atom stereocenters. The molecule has 0 bridgehead atoms. The van der Waals surface area contributed by atoms with Crippen LogP contribution in [0.25, 0.3) is 0 Å². The highest BCUT2D eigenvalue weighted by molar-refractivity contribution is 5.74. The molecule has 0 N–H and O–H groups in total. The van der Waals surface area contributed by atoms with Crippen LogP contribution in [-0.4, -0.2) is 26.2 Å². The largest absolute Gasteiger partial charge is 0.468 e. The van der Waals surface area contributed by atoms with Crippen molar-refractivity contribution >= 4 is 11.9 Å². The quantitative estimate of drug-likeness (QED) is 0.614. The minimum Gasteiger partial charge on any atom is -0.468 e. The van der Waals surface area contributed by atoms with Crippen LogP contribution in [0.2, 0.25) is 0 Å². The zero-order chi connectivity index (χ0) is 12.3. The molecule has 6 nitrogen and oxygen atoms in total. The van der Waals surface area contributed by atoms with Crippen molar-refractivity contribution in [3.05, 3.63) is 0 Å². The highest BCUT2D eigenvalue weighted by atomic mass is 16.5. The molecule has 82 valence electrons. The second-order valence-electron chi connectivity index (χ2n) is 2.28. The minimum absolute atomic E-state index is 0.156. The average Bonchev–Trinajstić information content (AvgIpc) is 2.27. The van der Waals surface area contributed by atoms with Crippen molar-refractivity contribution in [2.24, 2.45) is 5.92 Å². The summed E-state index contributed by atoms with van der Waals surface area (Å²) in [5.74, 6) is -1.60. The summed E-state index contributed by atoms with van der Waals surface area (Å²) in [6.45, 7) is 1.49. The molecule has 0 aliphatic heterocycles. The van der Waals surface area contributed by atoms with E-state index in [1.165, 1.54) is 21.1 Å². The van der Waals surface area contributed by atoms with E-state index in [4.69, 9.17) is 10.5 Å². The van der Waals surface area contributed by atoms with Gasteiger partial charge in [0.2, 0.25) is 0 Å². The van der Waals surface area contributed by atoms with Gasteiger partial charge in [-0.25, -0.2) is 0 Å². The number of nitrogens with zero attached hydrogens (tertiary/aromatic N) is 2. The van der Waals surface area contributed by atoms with E-state index >= 15 is 0 Å². The number of ether oxygens (including phenoxy) is 2. The molecule has 0 saturated carbocycles. The van der Waals surface area contributed by atoms with Gasteiger partial charge in [0.05, 0.1) is 26.4 Å². The van der Waals surface area contributed by atoms with Gasteiger partial charge in [0, 0.05) is 0 Å². The Kier molecular flexibility index (Phi) is 10.3. The van der Waals surface area contributed by atoms with Crippen molar-refractivity contribution in [3.8, 4) is 12.1 Å². The Morgan fingerprint density at radius 2 is 1.80 bits per heavy atom. The van der Waals surface area contributed by atoms with E-state index < -0.39 is 17.9 Å². The predicted molar refractivity (Wildman–Crippen MR) is 49.0 cm³/mol. The maximum absolute atomic E-state index is 10.3. The van der Waals surface area contributed by atoms with Crippen molar-refractivity contribution < 1.29 is 19.1 Å². The maximum Gasteiger partial charge on any atom is 0.322 e. The Morgan fingerprint density at radius 1 is 1.27 bits per heavy atom. The lowest BCUT2D eigenvalue weighted by atomic mass is 10.2. The molecule has 0 aliphatic carbocycles. The van der Waals surface area contributed by atoms with E-state index in [9.17, 15) is 9.59 Å². The number of rotatable bonds is 2. The fourth-order valence-corrected chi connectivity index (χ4v) is 0.366. The number of carbonyl (C=O) groups is 2. The molecule has 6 heteroatoms. The number of hydrogen-bond donors (Lipinski definition) is 0. The third-order valence-corrected chi connectivity index (χ3v) is 1.20. The number of carbonyl (C=O) groups excluding carboxylic acids is 2. The topological polar surface area (TPSA) is 100 Å². The van der Waals surface area contributed by atoms with E-state index in [1.54, 1.807) is 12.1 Å². The van der Waals surface area contributed by atoms with E-state index in [2.05, 4.69) is 9.47 Å². The van der Waals surface area contributed by atoms with E-state index in [-0.39, 0.29) is 6.42 Å². The lowest BCUT2D eigenvalue weighted by Crippen LogP contribution is -2.09. The first kappa shape index (κ1) is 15.4. The summed E-state index contributed by atoms with van der Waals surface area (Å²) >= 11 is 0. The molecule has 0 aromatic carbocycles. The fourth-order valence-electron chi connectivity index (χ4n) is 0.366. The zero-order valence-corrected chi connectivity index (χ0v) is 8.81. The van der Waals surface area contributed by atoms with Gasteiger partial charge in [-0.3, -0.25) is 9.59 Å². The molecular formula is C9H12N2O4. The van der Waals surface area contributed by atoms with Crippen LogP contribution < -0.4 is 0 Å². The van der Waals surface area contributed by atoms with Crippen LogP contribution in [0, 0.1) is 28.6 Å². The summed E-state index contributed by atoms with van der Waals surface area (Å²) in [6.07, 6.45) is -0.156. The Bertz CT molecular complexity index is 287. The van der Waals surface area contributed by atoms with Crippen LogP contribution in [-0.2, 0) is 19.1 Å². The Balaban J connectivity index is 0. The standard InChI is InChI=1S/C5H7NO2.C4H5NO2/c1-4(3-6)5(7)8-2;1-7-4(6)2-3-5/h4H,1-2H3;2H2,1H3. The molecule has 1 atom stereocenters. The van der Waals surface area contributed by atoms with Crippen molar-refractivity contribution in [2.75, 3.05) is 14.2 Å². The summed E-state index contributed by atoms with van der Waals surface area (Å²) in [4.78, 5) is 20.3. The Hall–Kier alpha value is -2.08. The summed E-state index contributed by atoms with van der Waals surface area (Å²) < 4.78 is 8.37. The van der Waals surface area contributed by atoms with Gasteiger partial charge in [-0.1, -0.05) is 0 Å². The smallest absolute Gasteiger partial charge is 0.322 e. The van der Waals surface area contributed by atoms with E-state index in [1.807, 2.05) is 0 Å². The number of esters is 2. The van der Waals surface area contributed by atoms with Gasteiger partial charge in [0.25, 0.3) is 0 Å². The normalized spacial score (nSPS) is 9.40. The summed E-state index contributed by atoms with van der Waals surface area (Å²) in [5, 5.41) is 15.9. The Labute approximate surface area is 88.0 Å². The Morgan fingerprint density at radius 3 is 1.93 bits per heavy atom. The van der Waals surface area contributed by atoms with Crippen LogP contribution >= 0.6 is 0 Å². The fraction of sp³-hybridized carbons (Fsp3) is 0.556. The van der Waals surface area contributed by atoms with E-state index in [0.29, 0.717) is 0 Å². The average molecular weight is 212 g/mol. The molecule has 0 radical (unpaired) electrons. The first-order valence-electron chi connectivity index (χ1n) is 3.94. The third kappa shape index (κ3) is 9.84. The summed E-state index contributed by atoms with van der Waals surface area (Å²) in [7, 11) is 2.51. The molecule has 0 fully saturated rings. The zero-order valence-electron chi connectivity index (χ0n) is 8.81. The SMILES string of the molecule is COC(=O)C(C)C#N.COC(=O)CC#N. The van der Waals surface area contributed by atoms with Crippen molar-refractivity contribution in [1.29, 1.82) is 10.5 Å². The summed E-state index contributed by atoms with van der Waals surface area (Å²) in [5.41, 5.74) is 0. The molecule has 0 spiro atoms. The molecule has 0 heterocycles. The van der Waals surface area contributed by atoms with Gasteiger partial charge in [0.1, 0.15) is 12.3 Å². The van der Waals surface area contributed by atoms with Gasteiger partial charge in [-0.2, -0.15) is 10.5 Å². The highest BCUT2D eigenvalue weighted by Gasteiger charge is 2.09. The van der Waals surface area contributed by atoms with Gasteiger partial charge in [0.15, 0.2) is 0 Å². The van der Waals surface area contributed by atoms with Gasteiger partial charge >= 0.3 is 11.9 Å². The summed E-state index contributed by atoms with van der Waals surface area (Å²) in [6, 6.07) is 3.38. The second kappa shape index (κ2) is 10.0. The lowest BCUT2D eigenvalue weighted by Gasteiger charge is -1.95. The lowest BCUT2D eigenvalue weighted by molar-refractivity contribution is -0.143. The third-order valence-electron chi connectivity index (χ3n) is 1.20. The molecule has 15 heavy (non-hydrogen) atoms. The predicted octanol–water partition coefficient (Wildman–Crippen LogP) is 0.392. The van der Waals surface area contributed by atoms with Crippen molar-refractivity contribution in [3.63, 3.8) is 0 Å². The molecule has 0 aliphatic rings. The molecule has 0 aromatic heterocycles. The van der Waals surface area contributed by atoms with Gasteiger partial charge < -0.3 is 9.47 Å². The van der Waals surface area contributed by atoms with E-state index in [0.717, 1.165) is 0 Å². The molecule has 0 aromatic rings. The molecule has 0 saturated heterocycles. The molecular weight excluding hydrogens is 200 g/mol. The second-order valence-corrected chi connectivity index (χ2v) is 2.28. The first-order valence-corrected chi connectivity index (χ1v) is 3.94. The molecule has 0 amide bonds. The molecule has 0 rings (SSSR count). The highest BCUT2D eigenvalue weighted by Crippen LogP contribution is 1.92. The van der Waals surface area contributed by atoms with Crippen LogP contribution in [0.5, 0.6) is 0 Å². The number of methoxy groups -OCH3 is 2. The van der Waals surface area contributed by atoms with Crippen molar-refractivity contribution in [2.45, 2.75) is 13.3 Å². The van der Waals surface area contributed by atoms with Crippen molar-refractivity contribution in [1.82, 2.24) is 0 Å². The first-order chi connectivity index (χ1) is 7.03. The van der Waals surface area contributed by atoms with Gasteiger partial charge in [-0.05, 0) is 6.92 Å². The monoisotopic (exact) mass is 212 g/mol.